The first-order valence-electron chi connectivity index (χ1n) is 11.6. The lowest BCUT2D eigenvalue weighted by atomic mass is 10.00. The van der Waals surface area contributed by atoms with Gasteiger partial charge in [0.05, 0.1) is 17.9 Å². The molecule has 1 amide bonds. The molecule has 0 saturated heterocycles. The summed E-state index contributed by atoms with van der Waals surface area (Å²) in [6.07, 6.45) is 1.39. The van der Waals surface area contributed by atoms with E-state index in [0.29, 0.717) is 29.1 Å². The van der Waals surface area contributed by atoms with Crippen molar-refractivity contribution in [3.05, 3.63) is 53.1 Å². The van der Waals surface area contributed by atoms with Crippen LogP contribution in [0.2, 0.25) is 0 Å². The van der Waals surface area contributed by atoms with Gasteiger partial charge in [-0.1, -0.05) is 48.9 Å². The fraction of sp³-hybridized carbons (Fsp3) is 0.385. The molecule has 1 atom stereocenters. The van der Waals surface area contributed by atoms with E-state index >= 15 is 0 Å². The molecule has 1 aliphatic heterocycles. The molecule has 178 valence electrons. The highest BCUT2D eigenvalue weighted by atomic mass is 32.2. The molecule has 1 unspecified atom stereocenters. The van der Waals surface area contributed by atoms with Crippen LogP contribution in [0, 0.1) is 13.8 Å². The van der Waals surface area contributed by atoms with Crippen molar-refractivity contribution in [2.45, 2.75) is 58.8 Å². The minimum Gasteiger partial charge on any atom is -0.493 e. The lowest BCUT2D eigenvalue weighted by Crippen LogP contribution is -2.36. The number of anilines is 1. The Kier molecular flexibility index (Phi) is 7.36. The number of amides is 1. The summed E-state index contributed by atoms with van der Waals surface area (Å²) in [4.78, 5) is 19.6. The van der Waals surface area contributed by atoms with Crippen LogP contribution in [-0.4, -0.2) is 33.4 Å². The molecule has 0 fully saturated rings. The zero-order chi connectivity index (χ0) is 24.2. The van der Waals surface area contributed by atoms with Crippen LogP contribution in [0.25, 0.3) is 11.3 Å². The Morgan fingerprint density at radius 3 is 2.71 bits per heavy atom. The SMILES string of the molecule is CCCCSc1nnc2c(n1)OC(c1ccccc1OCC)N(C(C)=O)c1c(C)cc(C)cc1-2. The molecular formula is C26H30N4O3S. The summed E-state index contributed by atoms with van der Waals surface area (Å²) in [6.45, 7) is 10.1. The zero-order valence-electron chi connectivity index (χ0n) is 20.3. The minimum atomic E-state index is -0.771. The second-order valence-electron chi connectivity index (χ2n) is 8.26. The van der Waals surface area contributed by atoms with E-state index in [0.717, 1.165) is 46.5 Å². The highest BCUT2D eigenvalue weighted by molar-refractivity contribution is 7.99. The predicted octanol–water partition coefficient (Wildman–Crippen LogP) is 5.89. The lowest BCUT2D eigenvalue weighted by molar-refractivity contribution is -0.118. The Morgan fingerprint density at radius 1 is 1.18 bits per heavy atom. The van der Waals surface area contributed by atoms with Crippen LogP contribution in [0.4, 0.5) is 5.69 Å². The first-order chi connectivity index (χ1) is 16.4. The third-order valence-electron chi connectivity index (χ3n) is 5.59. The fourth-order valence-electron chi connectivity index (χ4n) is 4.15. The van der Waals surface area contributed by atoms with E-state index in [2.05, 4.69) is 23.2 Å². The topological polar surface area (TPSA) is 77.4 Å². The van der Waals surface area contributed by atoms with Gasteiger partial charge in [0.25, 0.3) is 0 Å². The standard InChI is InChI=1S/C26H30N4O3S/c1-6-8-13-34-26-27-24-22(28-29-26)20-15-16(3)14-17(4)23(20)30(18(5)31)25(33-24)19-11-9-10-12-21(19)32-7-2/h9-12,14-15,25H,6-8,13H2,1-5H3. The number of hydrogen-bond donors (Lipinski definition) is 0. The largest absolute Gasteiger partial charge is 0.493 e. The van der Waals surface area contributed by atoms with Crippen molar-refractivity contribution in [1.29, 1.82) is 0 Å². The monoisotopic (exact) mass is 478 g/mol. The van der Waals surface area contributed by atoms with Crippen molar-refractivity contribution in [1.82, 2.24) is 15.2 Å². The molecule has 2 heterocycles. The Morgan fingerprint density at radius 2 is 1.97 bits per heavy atom. The van der Waals surface area contributed by atoms with Gasteiger partial charge in [-0.2, -0.15) is 4.98 Å². The number of rotatable bonds is 7. The molecule has 34 heavy (non-hydrogen) atoms. The predicted molar refractivity (Wildman–Crippen MR) is 135 cm³/mol. The number of hydrogen-bond acceptors (Lipinski definition) is 7. The van der Waals surface area contributed by atoms with Crippen molar-refractivity contribution in [2.24, 2.45) is 0 Å². The maximum Gasteiger partial charge on any atom is 0.247 e. The van der Waals surface area contributed by atoms with Crippen molar-refractivity contribution in [2.75, 3.05) is 17.3 Å². The van der Waals surface area contributed by atoms with Crippen LogP contribution in [0.5, 0.6) is 11.6 Å². The lowest BCUT2D eigenvalue weighted by Gasteiger charge is -2.32. The maximum atomic E-state index is 13.1. The highest BCUT2D eigenvalue weighted by Crippen LogP contribution is 2.46. The van der Waals surface area contributed by atoms with Gasteiger partial charge in [-0.15, -0.1) is 10.2 Å². The van der Waals surface area contributed by atoms with Crippen LogP contribution < -0.4 is 14.4 Å². The number of fused-ring (bicyclic) bond motifs is 3. The van der Waals surface area contributed by atoms with Gasteiger partial charge in [0.2, 0.25) is 23.2 Å². The zero-order valence-corrected chi connectivity index (χ0v) is 21.1. The smallest absolute Gasteiger partial charge is 0.247 e. The molecule has 1 aromatic heterocycles. The minimum absolute atomic E-state index is 0.150. The summed E-state index contributed by atoms with van der Waals surface area (Å²) in [5, 5.41) is 9.47. The van der Waals surface area contributed by atoms with Gasteiger partial charge >= 0.3 is 0 Å². The number of aryl methyl sites for hydroxylation is 2. The quantitative estimate of drug-likeness (QED) is 0.309. The summed E-state index contributed by atoms with van der Waals surface area (Å²) in [6, 6.07) is 11.7. The number of unbranched alkanes of at least 4 members (excludes halogenated alkanes) is 1. The van der Waals surface area contributed by atoms with Gasteiger partial charge in [0.15, 0.2) is 5.69 Å². The van der Waals surface area contributed by atoms with Gasteiger partial charge in [-0.05, 0) is 51.0 Å². The molecule has 7 nitrogen and oxygen atoms in total. The van der Waals surface area contributed by atoms with E-state index in [1.807, 2.05) is 51.1 Å². The van der Waals surface area contributed by atoms with Gasteiger partial charge < -0.3 is 9.47 Å². The number of nitrogens with zero attached hydrogens (tertiary/aromatic N) is 4. The Bertz CT molecular complexity index is 1200. The third-order valence-corrected chi connectivity index (χ3v) is 6.51. The molecule has 0 bridgehead atoms. The number of carbonyl (C=O) groups is 1. The fourth-order valence-corrected chi connectivity index (χ4v) is 5.01. The van der Waals surface area contributed by atoms with E-state index in [9.17, 15) is 4.79 Å². The van der Waals surface area contributed by atoms with Crippen LogP contribution >= 0.6 is 11.8 Å². The van der Waals surface area contributed by atoms with E-state index < -0.39 is 6.23 Å². The number of para-hydroxylation sites is 1. The first kappa shape index (κ1) is 24.0. The molecule has 0 saturated carbocycles. The number of carbonyl (C=O) groups excluding carboxylic acids is 1. The second kappa shape index (κ2) is 10.4. The summed E-state index contributed by atoms with van der Waals surface area (Å²) in [5.74, 6) is 1.78. The van der Waals surface area contributed by atoms with Crippen molar-refractivity contribution >= 4 is 23.4 Å². The average molecular weight is 479 g/mol. The van der Waals surface area contributed by atoms with E-state index in [-0.39, 0.29) is 5.91 Å². The molecule has 0 N–H and O–H groups in total. The van der Waals surface area contributed by atoms with Gasteiger partial charge in [-0.3, -0.25) is 9.69 Å². The molecule has 0 aliphatic carbocycles. The molecule has 1 aliphatic rings. The summed E-state index contributed by atoms with van der Waals surface area (Å²) in [5.41, 5.74) is 4.81. The van der Waals surface area contributed by atoms with E-state index in [4.69, 9.17) is 14.5 Å². The highest BCUT2D eigenvalue weighted by Gasteiger charge is 2.37. The molecule has 4 rings (SSSR count). The molecule has 0 spiro atoms. The van der Waals surface area contributed by atoms with Gasteiger partial charge in [0, 0.05) is 18.2 Å². The molecule has 8 heteroatoms. The van der Waals surface area contributed by atoms with E-state index in [1.54, 1.807) is 23.6 Å². The average Bonchev–Trinajstić information content (AvgIpc) is 2.94. The van der Waals surface area contributed by atoms with Crippen LogP contribution in [-0.2, 0) is 4.79 Å². The molecule has 0 radical (unpaired) electrons. The summed E-state index contributed by atoms with van der Waals surface area (Å²) >= 11 is 1.56. The molecular weight excluding hydrogens is 448 g/mol. The Balaban J connectivity index is 1.94. The number of ether oxygens (including phenoxy) is 2. The first-order valence-corrected chi connectivity index (χ1v) is 12.6. The van der Waals surface area contributed by atoms with Gasteiger partial charge in [0.1, 0.15) is 5.75 Å². The molecule has 2 aromatic carbocycles. The summed E-state index contributed by atoms with van der Waals surface area (Å²) < 4.78 is 12.4. The maximum absolute atomic E-state index is 13.1. The normalized spacial score (nSPS) is 14.6. The van der Waals surface area contributed by atoms with Crippen molar-refractivity contribution in [3.63, 3.8) is 0 Å². The number of benzene rings is 2. The van der Waals surface area contributed by atoms with E-state index in [1.165, 1.54) is 0 Å². The number of thioether (sulfide) groups is 1. The van der Waals surface area contributed by atoms with Crippen LogP contribution in [0.3, 0.4) is 0 Å². The van der Waals surface area contributed by atoms with Crippen molar-refractivity contribution in [3.8, 4) is 22.9 Å². The second-order valence-corrected chi connectivity index (χ2v) is 9.32. The van der Waals surface area contributed by atoms with Crippen molar-refractivity contribution < 1.29 is 14.3 Å². The van der Waals surface area contributed by atoms with Crippen LogP contribution in [0.15, 0.2) is 41.6 Å². The summed E-state index contributed by atoms with van der Waals surface area (Å²) in [7, 11) is 0. The molecule has 3 aromatic rings. The van der Waals surface area contributed by atoms with Gasteiger partial charge in [-0.25, -0.2) is 0 Å². The number of aromatic nitrogens is 3. The Labute approximate surface area is 204 Å². The Hall–Kier alpha value is -3.13. The third kappa shape index (κ3) is 4.73. The van der Waals surface area contributed by atoms with Crippen LogP contribution in [0.1, 0.15) is 56.5 Å².